The van der Waals surface area contributed by atoms with Crippen LogP contribution in [0.5, 0.6) is 5.75 Å². The second-order valence-corrected chi connectivity index (χ2v) is 4.89. The van der Waals surface area contributed by atoms with E-state index in [9.17, 15) is 18.0 Å². The van der Waals surface area contributed by atoms with E-state index in [-0.39, 0.29) is 12.2 Å². The van der Waals surface area contributed by atoms with Crippen LogP contribution in [0.3, 0.4) is 0 Å². The van der Waals surface area contributed by atoms with Crippen molar-refractivity contribution in [2.75, 3.05) is 11.9 Å². The Morgan fingerprint density at radius 2 is 1.88 bits per heavy atom. The standard InChI is InChI=1S/C17H13F3N2O2/c18-17(19,20)13-2-1-3-15(10-13)24-11-16(23)22-14-6-4-12(5-7-14)8-9-21/h1-7,10H,8,11H2,(H,22,23). The minimum Gasteiger partial charge on any atom is -0.484 e. The van der Waals surface area contributed by atoms with Crippen LogP contribution >= 0.6 is 0 Å². The van der Waals surface area contributed by atoms with Gasteiger partial charge in [-0.2, -0.15) is 18.4 Å². The predicted molar refractivity (Wildman–Crippen MR) is 81.3 cm³/mol. The zero-order chi connectivity index (χ0) is 17.6. The number of anilines is 1. The zero-order valence-electron chi connectivity index (χ0n) is 12.4. The summed E-state index contributed by atoms with van der Waals surface area (Å²) >= 11 is 0. The average Bonchev–Trinajstić information content (AvgIpc) is 2.55. The predicted octanol–water partition coefficient (Wildman–Crippen LogP) is 3.79. The van der Waals surface area contributed by atoms with Crippen molar-refractivity contribution >= 4 is 11.6 Å². The minimum atomic E-state index is -4.47. The molecule has 1 amide bonds. The number of amides is 1. The average molecular weight is 334 g/mol. The molecule has 1 N–H and O–H groups in total. The van der Waals surface area contributed by atoms with Crippen LogP contribution in [0.2, 0.25) is 0 Å². The molecular formula is C17H13F3N2O2. The molecule has 0 saturated carbocycles. The fraction of sp³-hybridized carbons (Fsp3) is 0.176. The minimum absolute atomic E-state index is 0.0376. The van der Waals surface area contributed by atoms with Gasteiger partial charge in [-0.3, -0.25) is 4.79 Å². The van der Waals surface area contributed by atoms with Gasteiger partial charge in [0.05, 0.1) is 18.1 Å². The van der Waals surface area contributed by atoms with Crippen molar-refractivity contribution in [2.24, 2.45) is 0 Å². The lowest BCUT2D eigenvalue weighted by molar-refractivity contribution is -0.137. The largest absolute Gasteiger partial charge is 0.484 e. The highest BCUT2D eigenvalue weighted by atomic mass is 19.4. The molecule has 2 rings (SSSR count). The molecule has 0 saturated heterocycles. The molecule has 0 heterocycles. The second kappa shape index (κ2) is 7.51. The molecule has 0 aromatic heterocycles. The maximum absolute atomic E-state index is 12.6. The van der Waals surface area contributed by atoms with Crippen molar-refractivity contribution in [1.29, 1.82) is 5.26 Å². The number of nitrogens with zero attached hydrogens (tertiary/aromatic N) is 1. The molecule has 0 aliphatic rings. The SMILES string of the molecule is N#CCc1ccc(NC(=O)COc2cccc(C(F)(F)F)c2)cc1. The van der Waals surface area contributed by atoms with Crippen LogP contribution in [0.4, 0.5) is 18.9 Å². The first-order valence-electron chi connectivity index (χ1n) is 6.94. The van der Waals surface area contributed by atoms with E-state index in [0.717, 1.165) is 17.7 Å². The van der Waals surface area contributed by atoms with Crippen LogP contribution in [0.25, 0.3) is 0 Å². The number of carbonyl (C=O) groups is 1. The number of alkyl halides is 3. The zero-order valence-corrected chi connectivity index (χ0v) is 12.4. The van der Waals surface area contributed by atoms with E-state index in [0.29, 0.717) is 5.69 Å². The third kappa shape index (κ3) is 5.02. The van der Waals surface area contributed by atoms with Gasteiger partial charge in [0.1, 0.15) is 5.75 Å². The van der Waals surface area contributed by atoms with E-state index >= 15 is 0 Å². The molecule has 0 spiro atoms. The summed E-state index contributed by atoms with van der Waals surface area (Å²) in [5.74, 6) is -0.537. The number of benzene rings is 2. The number of nitriles is 1. The maximum Gasteiger partial charge on any atom is 0.416 e. The van der Waals surface area contributed by atoms with E-state index in [1.807, 2.05) is 6.07 Å². The molecule has 0 radical (unpaired) electrons. The summed E-state index contributed by atoms with van der Waals surface area (Å²) in [6.07, 6.45) is -4.19. The molecule has 0 fully saturated rings. The summed E-state index contributed by atoms with van der Waals surface area (Å²) in [5, 5.41) is 11.1. The van der Waals surface area contributed by atoms with Crippen molar-refractivity contribution in [1.82, 2.24) is 0 Å². The van der Waals surface area contributed by atoms with E-state index in [1.165, 1.54) is 12.1 Å². The number of rotatable bonds is 5. The summed E-state index contributed by atoms with van der Waals surface area (Å²) < 4.78 is 42.8. The van der Waals surface area contributed by atoms with Gasteiger partial charge in [0.25, 0.3) is 5.91 Å². The molecular weight excluding hydrogens is 321 g/mol. The molecule has 4 nitrogen and oxygen atoms in total. The molecule has 0 bridgehead atoms. The Hall–Kier alpha value is -3.01. The van der Waals surface area contributed by atoms with Crippen LogP contribution in [0.15, 0.2) is 48.5 Å². The molecule has 7 heteroatoms. The highest BCUT2D eigenvalue weighted by Gasteiger charge is 2.30. The lowest BCUT2D eigenvalue weighted by Gasteiger charge is -2.10. The van der Waals surface area contributed by atoms with E-state index in [4.69, 9.17) is 10.00 Å². The lowest BCUT2D eigenvalue weighted by atomic mass is 10.1. The number of nitrogens with one attached hydrogen (secondary N) is 1. The molecule has 0 unspecified atom stereocenters. The molecule has 124 valence electrons. The number of hydrogen-bond donors (Lipinski definition) is 1. The molecule has 2 aromatic carbocycles. The second-order valence-electron chi connectivity index (χ2n) is 4.89. The van der Waals surface area contributed by atoms with Gasteiger partial charge >= 0.3 is 6.18 Å². The summed E-state index contributed by atoms with van der Waals surface area (Å²) in [4.78, 5) is 11.8. The number of hydrogen-bond acceptors (Lipinski definition) is 3. The normalized spacial score (nSPS) is 10.8. The Kier molecular flexibility index (Phi) is 5.42. The van der Waals surface area contributed by atoms with Gasteiger partial charge in [-0.15, -0.1) is 0 Å². The summed E-state index contributed by atoms with van der Waals surface area (Å²) in [6.45, 7) is -0.415. The van der Waals surface area contributed by atoms with Gasteiger partial charge in [-0.1, -0.05) is 18.2 Å². The Labute approximate surface area is 136 Å². The highest BCUT2D eigenvalue weighted by Crippen LogP contribution is 2.31. The lowest BCUT2D eigenvalue weighted by Crippen LogP contribution is -2.20. The summed E-state index contributed by atoms with van der Waals surface area (Å²) in [7, 11) is 0. The van der Waals surface area contributed by atoms with Gasteiger partial charge in [0.2, 0.25) is 0 Å². The number of halogens is 3. The smallest absolute Gasteiger partial charge is 0.416 e. The third-order valence-electron chi connectivity index (χ3n) is 3.05. The van der Waals surface area contributed by atoms with Gasteiger partial charge < -0.3 is 10.1 Å². The van der Waals surface area contributed by atoms with Crippen molar-refractivity contribution in [3.05, 3.63) is 59.7 Å². The van der Waals surface area contributed by atoms with Gasteiger partial charge in [-0.25, -0.2) is 0 Å². The molecule has 0 aliphatic carbocycles. The first kappa shape index (κ1) is 17.3. The number of ether oxygens (including phenoxy) is 1. The van der Waals surface area contributed by atoms with Gasteiger partial charge in [0.15, 0.2) is 6.61 Å². The molecule has 0 atom stereocenters. The topological polar surface area (TPSA) is 62.1 Å². The summed E-state index contributed by atoms with van der Waals surface area (Å²) in [6, 6.07) is 13.0. The Bertz CT molecular complexity index is 750. The van der Waals surface area contributed by atoms with Crippen LogP contribution in [0, 0.1) is 11.3 Å². The first-order valence-corrected chi connectivity index (χ1v) is 6.94. The van der Waals surface area contributed by atoms with Crippen LogP contribution in [-0.2, 0) is 17.4 Å². The van der Waals surface area contributed by atoms with E-state index in [1.54, 1.807) is 24.3 Å². The quantitative estimate of drug-likeness (QED) is 0.905. The molecule has 2 aromatic rings. The van der Waals surface area contributed by atoms with E-state index in [2.05, 4.69) is 5.32 Å². The number of carbonyl (C=O) groups excluding carboxylic acids is 1. The third-order valence-corrected chi connectivity index (χ3v) is 3.05. The van der Waals surface area contributed by atoms with Crippen molar-refractivity contribution in [3.63, 3.8) is 0 Å². The van der Waals surface area contributed by atoms with Crippen molar-refractivity contribution in [2.45, 2.75) is 12.6 Å². The monoisotopic (exact) mass is 334 g/mol. The van der Waals surface area contributed by atoms with Crippen LogP contribution < -0.4 is 10.1 Å². The maximum atomic E-state index is 12.6. The summed E-state index contributed by atoms with van der Waals surface area (Å²) in [5.41, 5.74) is 0.485. The van der Waals surface area contributed by atoms with Crippen molar-refractivity contribution < 1.29 is 22.7 Å². The van der Waals surface area contributed by atoms with Gasteiger partial charge in [0, 0.05) is 5.69 Å². The fourth-order valence-corrected chi connectivity index (χ4v) is 1.91. The molecule has 24 heavy (non-hydrogen) atoms. The molecule has 0 aliphatic heterocycles. The van der Waals surface area contributed by atoms with E-state index < -0.39 is 24.3 Å². The first-order chi connectivity index (χ1) is 11.4. The van der Waals surface area contributed by atoms with Gasteiger partial charge in [-0.05, 0) is 35.9 Å². The Balaban J connectivity index is 1.90. The Morgan fingerprint density at radius 1 is 1.17 bits per heavy atom. The fourth-order valence-electron chi connectivity index (χ4n) is 1.91. The van der Waals surface area contributed by atoms with Crippen LogP contribution in [-0.4, -0.2) is 12.5 Å². The van der Waals surface area contributed by atoms with Crippen molar-refractivity contribution in [3.8, 4) is 11.8 Å². The van der Waals surface area contributed by atoms with Crippen LogP contribution in [0.1, 0.15) is 11.1 Å². The highest BCUT2D eigenvalue weighted by molar-refractivity contribution is 5.91. The Morgan fingerprint density at radius 3 is 2.50 bits per heavy atom.